The third-order valence-electron chi connectivity index (χ3n) is 6.89. The van der Waals surface area contributed by atoms with Gasteiger partial charge in [0.25, 0.3) is 6.10 Å². The van der Waals surface area contributed by atoms with Crippen LogP contribution in [0.2, 0.25) is 0 Å². The lowest BCUT2D eigenvalue weighted by Crippen LogP contribution is -2.64. The highest BCUT2D eigenvalue weighted by Crippen LogP contribution is 2.65. The van der Waals surface area contributed by atoms with Gasteiger partial charge in [-0.3, -0.25) is 4.79 Å². The molecule has 0 spiro atoms. The van der Waals surface area contributed by atoms with Crippen LogP contribution in [-0.4, -0.2) is 48.0 Å². The van der Waals surface area contributed by atoms with Crippen LogP contribution in [0.25, 0.3) is 0 Å². The van der Waals surface area contributed by atoms with E-state index in [0.29, 0.717) is 12.8 Å². The predicted octanol–water partition coefficient (Wildman–Crippen LogP) is 2.91. The Balaban J connectivity index is 1.89. The van der Waals surface area contributed by atoms with Gasteiger partial charge in [-0.05, 0) is 44.9 Å². The zero-order valence-electron chi connectivity index (χ0n) is 16.3. The molecule has 0 aromatic heterocycles. The van der Waals surface area contributed by atoms with Crippen LogP contribution in [0, 0.1) is 23.2 Å². The van der Waals surface area contributed by atoms with Crippen LogP contribution in [0.4, 0.5) is 22.0 Å². The zero-order chi connectivity index (χ0) is 23.6. The van der Waals surface area contributed by atoms with E-state index in [2.05, 4.69) is 11.3 Å². The molecule has 3 atom stereocenters. The van der Waals surface area contributed by atoms with E-state index in [4.69, 9.17) is 4.74 Å². The van der Waals surface area contributed by atoms with Gasteiger partial charge in [0.15, 0.2) is 10.1 Å². The number of ether oxygens (including phenoxy) is 2. The van der Waals surface area contributed by atoms with Crippen molar-refractivity contribution in [2.45, 2.75) is 62.2 Å². The third-order valence-corrected chi connectivity index (χ3v) is 7.77. The van der Waals surface area contributed by atoms with E-state index in [-0.39, 0.29) is 25.2 Å². The summed E-state index contributed by atoms with van der Waals surface area (Å²) >= 11 is 0. The second-order valence-electron chi connectivity index (χ2n) is 8.78. The average Bonchev–Trinajstić information content (AvgIpc) is 2.61. The first-order valence-corrected chi connectivity index (χ1v) is 10.8. The van der Waals surface area contributed by atoms with Gasteiger partial charge in [-0.25, -0.2) is 13.2 Å². The summed E-state index contributed by atoms with van der Waals surface area (Å²) < 4.78 is 109. The first kappa shape index (κ1) is 23.9. The molecule has 7 nitrogen and oxygen atoms in total. The van der Waals surface area contributed by atoms with E-state index < -0.39 is 62.4 Å². The molecule has 0 aliphatic heterocycles. The van der Waals surface area contributed by atoms with E-state index in [9.17, 15) is 44.5 Å². The Morgan fingerprint density at radius 3 is 2.06 bits per heavy atom. The number of halogens is 5. The Morgan fingerprint density at radius 1 is 1.13 bits per heavy atom. The van der Waals surface area contributed by atoms with Gasteiger partial charge in [-0.2, -0.15) is 22.0 Å². The predicted molar refractivity (Wildman–Crippen MR) is 91.3 cm³/mol. The van der Waals surface area contributed by atoms with Crippen molar-refractivity contribution in [1.82, 2.24) is 0 Å². The van der Waals surface area contributed by atoms with Gasteiger partial charge >= 0.3 is 23.4 Å². The Bertz CT molecular complexity index is 881. The van der Waals surface area contributed by atoms with Crippen LogP contribution < -0.4 is 0 Å². The van der Waals surface area contributed by atoms with Crippen LogP contribution >= 0.6 is 0 Å². The normalized spacial score (nSPS) is 36.0. The van der Waals surface area contributed by atoms with Crippen molar-refractivity contribution >= 4 is 22.1 Å². The molecule has 4 aliphatic carbocycles. The molecule has 0 N–H and O–H groups in total. The lowest BCUT2D eigenvalue weighted by Gasteiger charge is -2.62. The fourth-order valence-corrected chi connectivity index (χ4v) is 5.99. The molecule has 13 heteroatoms. The lowest BCUT2D eigenvalue weighted by molar-refractivity contribution is -0.271. The maximum atomic E-state index is 13.8. The van der Waals surface area contributed by atoms with Crippen molar-refractivity contribution in [3.05, 3.63) is 12.7 Å². The average molecular weight is 475 g/mol. The van der Waals surface area contributed by atoms with Crippen LogP contribution in [0.1, 0.15) is 39.0 Å². The minimum Gasteiger partial charge on any atom is -0.743 e. The van der Waals surface area contributed by atoms with E-state index in [1.165, 1.54) is 0 Å². The summed E-state index contributed by atoms with van der Waals surface area (Å²) in [7, 11) is -6.77. The number of alkyl halides is 5. The minimum atomic E-state index is -6.77. The van der Waals surface area contributed by atoms with Gasteiger partial charge in [0.2, 0.25) is 0 Å². The zero-order valence-corrected chi connectivity index (χ0v) is 17.1. The van der Waals surface area contributed by atoms with Crippen LogP contribution in [-0.2, 0) is 29.2 Å². The molecule has 176 valence electrons. The highest BCUT2D eigenvalue weighted by molar-refractivity contribution is 7.86. The molecule has 4 bridgehead atoms. The monoisotopic (exact) mass is 475 g/mol. The SMILES string of the molecule is C=CC(=O)OC1(C)C2CC3CC1CC(C(=O)OC(C(F)(F)F)C(F)(F)S(=O)(=O)[O-])(C3)C2. The number of rotatable bonds is 6. The van der Waals surface area contributed by atoms with Crippen LogP contribution in [0.15, 0.2) is 12.7 Å². The van der Waals surface area contributed by atoms with Gasteiger partial charge in [-0.15, -0.1) is 0 Å². The second-order valence-corrected chi connectivity index (χ2v) is 10.2. The van der Waals surface area contributed by atoms with Crippen molar-refractivity contribution in [3.63, 3.8) is 0 Å². The molecule has 3 unspecified atom stereocenters. The van der Waals surface area contributed by atoms with E-state index in [0.717, 1.165) is 6.08 Å². The molecule has 0 aromatic rings. The molecule has 0 saturated heterocycles. The van der Waals surface area contributed by atoms with Gasteiger partial charge in [0.1, 0.15) is 5.60 Å². The van der Waals surface area contributed by atoms with Crippen LogP contribution in [0.5, 0.6) is 0 Å². The molecule has 4 rings (SSSR count). The van der Waals surface area contributed by atoms with E-state index in [1.807, 2.05) is 0 Å². The number of esters is 2. The van der Waals surface area contributed by atoms with Crippen molar-refractivity contribution in [3.8, 4) is 0 Å². The third kappa shape index (κ3) is 3.83. The molecule has 0 amide bonds. The van der Waals surface area contributed by atoms with Gasteiger partial charge in [0, 0.05) is 17.9 Å². The van der Waals surface area contributed by atoms with Crippen molar-refractivity contribution < 1.29 is 54.0 Å². The first-order chi connectivity index (χ1) is 14.0. The summed E-state index contributed by atoms with van der Waals surface area (Å²) in [6, 6.07) is 0. The Hall–Kier alpha value is -1.76. The topological polar surface area (TPSA) is 110 Å². The molecule has 0 aromatic carbocycles. The van der Waals surface area contributed by atoms with Crippen molar-refractivity contribution in [2.75, 3.05) is 0 Å². The fourth-order valence-electron chi connectivity index (χ4n) is 5.55. The Labute approximate surface area is 174 Å². The first-order valence-electron chi connectivity index (χ1n) is 9.43. The van der Waals surface area contributed by atoms with Gasteiger partial charge < -0.3 is 14.0 Å². The summed E-state index contributed by atoms with van der Waals surface area (Å²) in [6.07, 6.45) is -8.52. The summed E-state index contributed by atoms with van der Waals surface area (Å²) in [6.45, 7) is 4.96. The minimum absolute atomic E-state index is 0.0740. The maximum absolute atomic E-state index is 13.8. The smallest absolute Gasteiger partial charge is 0.432 e. The second kappa shape index (κ2) is 7.12. The molecular formula is C18H20F5O7S-. The Morgan fingerprint density at radius 2 is 1.65 bits per heavy atom. The highest BCUT2D eigenvalue weighted by Gasteiger charge is 2.68. The van der Waals surface area contributed by atoms with E-state index >= 15 is 0 Å². The highest BCUT2D eigenvalue weighted by atomic mass is 32.2. The molecule has 0 heterocycles. The molecule has 0 radical (unpaired) electrons. The molecule has 31 heavy (non-hydrogen) atoms. The molecule has 4 fully saturated rings. The largest absolute Gasteiger partial charge is 0.743 e. The van der Waals surface area contributed by atoms with Crippen molar-refractivity contribution in [2.24, 2.45) is 23.2 Å². The molecular weight excluding hydrogens is 455 g/mol. The molecule has 4 aliphatic rings. The van der Waals surface area contributed by atoms with E-state index in [1.54, 1.807) is 6.92 Å². The fraction of sp³-hybridized carbons (Fsp3) is 0.778. The van der Waals surface area contributed by atoms with Gasteiger partial charge in [-0.1, -0.05) is 6.58 Å². The standard InChI is InChI=1S/C18H21F5O7S/c1-3-12(24)30-15(2)10-4-9-5-11(15)8-16(6-9,7-10)14(25)29-13(17(19,20)21)18(22,23)31(26,27)28/h3,9-11,13H,1,4-8H2,2H3,(H,26,27,28)/p-1. The Kier molecular flexibility index (Phi) is 5.49. The number of carbonyl (C=O) groups excluding carboxylic acids is 2. The number of hydrogen-bond donors (Lipinski definition) is 0. The lowest BCUT2D eigenvalue weighted by atomic mass is 9.45. The summed E-state index contributed by atoms with van der Waals surface area (Å²) in [5, 5.41) is -5.89. The van der Waals surface area contributed by atoms with Gasteiger partial charge in [0.05, 0.1) is 5.41 Å². The maximum Gasteiger partial charge on any atom is 0.432 e. The van der Waals surface area contributed by atoms with Crippen LogP contribution in [0.3, 0.4) is 0 Å². The van der Waals surface area contributed by atoms with Crippen molar-refractivity contribution in [1.29, 1.82) is 0 Å². The number of hydrogen-bond acceptors (Lipinski definition) is 7. The molecule has 4 saturated carbocycles. The quantitative estimate of drug-likeness (QED) is 0.251. The summed E-state index contributed by atoms with van der Waals surface area (Å²) in [5.74, 6) is -3.35. The number of carbonyl (C=O) groups is 2. The summed E-state index contributed by atoms with van der Waals surface area (Å²) in [4.78, 5) is 24.5. The summed E-state index contributed by atoms with van der Waals surface area (Å²) in [5.41, 5.74) is -2.58.